The molecule has 0 N–H and O–H groups in total. The molecule has 1 nitrogen and oxygen atoms in total. The zero-order chi connectivity index (χ0) is 11.8. The molecule has 0 aromatic heterocycles. The Kier molecular flexibility index (Phi) is 7.10. The molecular weight excluding hydrogens is 287 g/mol. The lowest BCUT2D eigenvalue weighted by Gasteiger charge is -2.06. The van der Waals surface area contributed by atoms with Crippen LogP contribution in [0.25, 0.3) is 0 Å². The van der Waals surface area contributed by atoms with Crippen LogP contribution in [0.1, 0.15) is 38.2 Å². The van der Waals surface area contributed by atoms with Gasteiger partial charge in [-0.25, -0.2) is 0 Å². The Labute approximate surface area is 111 Å². The van der Waals surface area contributed by atoms with Gasteiger partial charge in [0.15, 0.2) is 0 Å². The molecule has 0 fully saturated rings. The van der Waals surface area contributed by atoms with Crippen molar-refractivity contribution >= 4 is 27.5 Å². The topological polar surface area (TPSA) is 9.23 Å². The summed E-state index contributed by atoms with van der Waals surface area (Å²) in [6.07, 6.45) is 4.95. The fourth-order valence-electron chi connectivity index (χ4n) is 1.45. The zero-order valence-corrected chi connectivity index (χ0v) is 12.0. The second-order valence-corrected chi connectivity index (χ2v) is 5.17. The highest BCUT2D eigenvalue weighted by Gasteiger charge is 2.00. The van der Waals surface area contributed by atoms with Crippen LogP contribution in [0.15, 0.2) is 22.7 Å². The Morgan fingerprint density at radius 2 is 2.06 bits per heavy atom. The highest BCUT2D eigenvalue weighted by Crippen LogP contribution is 2.21. The molecule has 0 atom stereocenters. The second-order valence-electron chi connectivity index (χ2n) is 3.85. The van der Waals surface area contributed by atoms with E-state index in [0.717, 1.165) is 28.1 Å². The van der Waals surface area contributed by atoms with E-state index in [2.05, 4.69) is 22.9 Å². The van der Waals surface area contributed by atoms with E-state index in [4.69, 9.17) is 16.3 Å². The molecule has 0 radical (unpaired) electrons. The van der Waals surface area contributed by atoms with E-state index in [1.807, 2.05) is 18.2 Å². The van der Waals surface area contributed by atoms with Crippen LogP contribution in [-0.4, -0.2) is 6.61 Å². The number of hydrogen-bond acceptors (Lipinski definition) is 1. The molecule has 0 aliphatic heterocycles. The number of hydrogen-bond donors (Lipinski definition) is 0. The van der Waals surface area contributed by atoms with Crippen LogP contribution in [0, 0.1) is 0 Å². The first-order valence-corrected chi connectivity index (χ1v) is 6.92. The Hall–Kier alpha value is -0.0500. The van der Waals surface area contributed by atoms with E-state index in [9.17, 15) is 0 Å². The Balaban J connectivity index is 2.21. The van der Waals surface area contributed by atoms with Gasteiger partial charge in [0.05, 0.1) is 6.61 Å². The number of ether oxygens (including phenoxy) is 1. The minimum absolute atomic E-state index is 0.609. The maximum atomic E-state index is 6.08. The van der Waals surface area contributed by atoms with Crippen molar-refractivity contribution in [2.75, 3.05) is 6.61 Å². The van der Waals surface area contributed by atoms with E-state index in [1.165, 1.54) is 19.3 Å². The van der Waals surface area contributed by atoms with Crippen LogP contribution < -0.4 is 0 Å². The molecule has 0 aliphatic rings. The lowest BCUT2D eigenvalue weighted by Crippen LogP contribution is -1.96. The minimum Gasteiger partial charge on any atom is -0.377 e. The van der Waals surface area contributed by atoms with Crippen molar-refractivity contribution in [3.8, 4) is 0 Å². The van der Waals surface area contributed by atoms with E-state index < -0.39 is 0 Å². The fourth-order valence-corrected chi connectivity index (χ4v) is 2.18. The molecule has 3 heteroatoms. The molecule has 0 heterocycles. The first-order chi connectivity index (χ1) is 7.74. The van der Waals surface area contributed by atoms with Crippen molar-refractivity contribution in [3.05, 3.63) is 33.3 Å². The fraction of sp³-hybridized carbons (Fsp3) is 0.538. The number of unbranched alkanes of at least 4 members (excludes halogenated alkanes) is 3. The van der Waals surface area contributed by atoms with E-state index in [-0.39, 0.29) is 0 Å². The quantitative estimate of drug-likeness (QED) is 0.629. The summed E-state index contributed by atoms with van der Waals surface area (Å²) in [4.78, 5) is 0. The average Bonchev–Trinajstić information content (AvgIpc) is 2.26. The van der Waals surface area contributed by atoms with Crippen LogP contribution in [0.4, 0.5) is 0 Å². The number of benzene rings is 1. The van der Waals surface area contributed by atoms with Gasteiger partial charge in [-0.1, -0.05) is 59.8 Å². The van der Waals surface area contributed by atoms with E-state index in [1.54, 1.807) is 0 Å². The van der Waals surface area contributed by atoms with Gasteiger partial charge in [0, 0.05) is 16.1 Å². The van der Waals surface area contributed by atoms with Crippen molar-refractivity contribution in [2.24, 2.45) is 0 Å². The van der Waals surface area contributed by atoms with Crippen LogP contribution in [-0.2, 0) is 11.3 Å². The van der Waals surface area contributed by atoms with Crippen LogP contribution in [0.3, 0.4) is 0 Å². The summed E-state index contributed by atoms with van der Waals surface area (Å²) in [5.41, 5.74) is 1.06. The second kappa shape index (κ2) is 8.10. The normalized spacial score (nSPS) is 10.7. The van der Waals surface area contributed by atoms with Gasteiger partial charge in [-0.15, -0.1) is 0 Å². The van der Waals surface area contributed by atoms with E-state index in [0.29, 0.717) is 6.61 Å². The largest absolute Gasteiger partial charge is 0.377 e. The van der Waals surface area contributed by atoms with Crippen molar-refractivity contribution in [2.45, 2.75) is 39.2 Å². The molecule has 0 aliphatic carbocycles. The monoisotopic (exact) mass is 304 g/mol. The van der Waals surface area contributed by atoms with Gasteiger partial charge in [0.1, 0.15) is 0 Å². The van der Waals surface area contributed by atoms with Gasteiger partial charge in [0.25, 0.3) is 0 Å². The van der Waals surface area contributed by atoms with Crippen LogP contribution >= 0.6 is 27.5 Å². The van der Waals surface area contributed by atoms with Crippen LogP contribution in [0.2, 0.25) is 5.02 Å². The molecule has 0 saturated carbocycles. The van der Waals surface area contributed by atoms with E-state index >= 15 is 0 Å². The standard InChI is InChI=1S/C13H18BrClO/c1-2-3-4-5-8-16-10-11-6-7-12(14)9-13(11)15/h6-7,9H,2-5,8,10H2,1H3. The minimum atomic E-state index is 0.609. The smallest absolute Gasteiger partial charge is 0.0731 e. The molecule has 0 amide bonds. The molecule has 0 unspecified atom stereocenters. The third-order valence-electron chi connectivity index (χ3n) is 2.41. The molecule has 1 rings (SSSR count). The molecule has 90 valence electrons. The third kappa shape index (κ3) is 5.33. The molecule has 0 saturated heterocycles. The highest BCUT2D eigenvalue weighted by molar-refractivity contribution is 9.10. The predicted molar refractivity (Wildman–Crippen MR) is 73.0 cm³/mol. The first-order valence-electron chi connectivity index (χ1n) is 5.75. The Morgan fingerprint density at radius 1 is 1.25 bits per heavy atom. The first kappa shape index (κ1) is 14.0. The summed E-state index contributed by atoms with van der Waals surface area (Å²) in [5.74, 6) is 0. The molecule has 1 aromatic carbocycles. The highest BCUT2D eigenvalue weighted by atomic mass is 79.9. The van der Waals surface area contributed by atoms with Gasteiger partial charge >= 0.3 is 0 Å². The molecule has 0 spiro atoms. The van der Waals surface area contributed by atoms with Gasteiger partial charge in [-0.2, -0.15) is 0 Å². The zero-order valence-electron chi connectivity index (χ0n) is 9.64. The van der Waals surface area contributed by atoms with Gasteiger partial charge < -0.3 is 4.74 Å². The van der Waals surface area contributed by atoms with Gasteiger partial charge in [-0.3, -0.25) is 0 Å². The molecular formula is C13H18BrClO. The summed E-state index contributed by atoms with van der Waals surface area (Å²) < 4.78 is 6.59. The third-order valence-corrected chi connectivity index (χ3v) is 3.26. The Bertz CT molecular complexity index is 315. The van der Waals surface area contributed by atoms with Crippen molar-refractivity contribution < 1.29 is 4.74 Å². The lowest BCUT2D eigenvalue weighted by molar-refractivity contribution is 0.117. The van der Waals surface area contributed by atoms with Crippen molar-refractivity contribution in [3.63, 3.8) is 0 Å². The maximum Gasteiger partial charge on any atom is 0.0731 e. The summed E-state index contributed by atoms with van der Waals surface area (Å²) in [7, 11) is 0. The SMILES string of the molecule is CCCCCCOCc1ccc(Br)cc1Cl. The average molecular weight is 306 g/mol. The van der Waals surface area contributed by atoms with Gasteiger partial charge in [-0.05, 0) is 24.1 Å². The lowest BCUT2D eigenvalue weighted by atomic mass is 10.2. The number of halogens is 2. The molecule has 1 aromatic rings. The summed E-state index contributed by atoms with van der Waals surface area (Å²) in [6.45, 7) is 3.65. The molecule has 16 heavy (non-hydrogen) atoms. The maximum absolute atomic E-state index is 6.08. The summed E-state index contributed by atoms with van der Waals surface area (Å²) in [6, 6.07) is 5.89. The summed E-state index contributed by atoms with van der Waals surface area (Å²) >= 11 is 9.46. The van der Waals surface area contributed by atoms with Crippen LogP contribution in [0.5, 0.6) is 0 Å². The summed E-state index contributed by atoms with van der Waals surface area (Å²) in [5, 5.41) is 0.767. The predicted octanol–water partition coefficient (Wildman–Crippen LogP) is 5.20. The Morgan fingerprint density at radius 3 is 2.75 bits per heavy atom. The van der Waals surface area contributed by atoms with Crippen molar-refractivity contribution in [1.29, 1.82) is 0 Å². The molecule has 0 bridgehead atoms. The van der Waals surface area contributed by atoms with Gasteiger partial charge in [0.2, 0.25) is 0 Å². The van der Waals surface area contributed by atoms with Crippen molar-refractivity contribution in [1.82, 2.24) is 0 Å². The number of rotatable bonds is 7.